The first-order valence-electron chi connectivity index (χ1n) is 9.98. The minimum absolute atomic E-state index is 0.208. The van der Waals surface area contributed by atoms with Crippen LogP contribution < -0.4 is 0 Å². The lowest BCUT2D eigenvalue weighted by Crippen LogP contribution is -1.99. The Morgan fingerprint density at radius 2 is 1.68 bits per heavy atom. The molecule has 0 saturated heterocycles. The van der Waals surface area contributed by atoms with Crippen molar-refractivity contribution in [3.05, 3.63) is 94.8 Å². The Morgan fingerprint density at radius 1 is 0.857 bits per heavy atom. The highest BCUT2D eigenvalue weighted by Crippen LogP contribution is 2.36. The summed E-state index contributed by atoms with van der Waals surface area (Å²) in [6.07, 6.45) is 9.85. The van der Waals surface area contributed by atoms with Crippen molar-refractivity contribution in [1.82, 2.24) is 9.97 Å². The SMILES string of the molecule is CC(C)=CCc1cccc2c(C(C=C(C)C)c3cccc4cc[nH]c34)c[nH]c12. The van der Waals surface area contributed by atoms with Crippen LogP contribution in [0.3, 0.4) is 0 Å². The van der Waals surface area contributed by atoms with Gasteiger partial charge in [-0.1, -0.05) is 59.7 Å². The number of hydrogen-bond acceptors (Lipinski definition) is 0. The number of para-hydroxylation sites is 2. The molecule has 0 aliphatic carbocycles. The monoisotopic (exact) mass is 368 g/mol. The van der Waals surface area contributed by atoms with Gasteiger partial charge in [0, 0.05) is 34.7 Å². The lowest BCUT2D eigenvalue weighted by molar-refractivity contribution is 1.03. The molecule has 28 heavy (non-hydrogen) atoms. The van der Waals surface area contributed by atoms with Gasteiger partial charge in [0.2, 0.25) is 0 Å². The third-order valence-electron chi connectivity index (χ3n) is 5.35. The fraction of sp³-hybridized carbons (Fsp3) is 0.231. The molecule has 0 aliphatic rings. The standard InChI is InChI=1S/C26H28N2/c1-17(2)11-12-19-7-5-10-22-24(16-28-26(19)22)23(15-18(3)4)21-9-6-8-20-13-14-27-25(20)21/h5-11,13-16,23,27-28H,12H2,1-4H3. The minimum atomic E-state index is 0.208. The fourth-order valence-electron chi connectivity index (χ4n) is 4.03. The first-order valence-corrected chi connectivity index (χ1v) is 9.98. The van der Waals surface area contributed by atoms with Crippen molar-refractivity contribution in [1.29, 1.82) is 0 Å². The van der Waals surface area contributed by atoms with Gasteiger partial charge in [0.05, 0.1) is 0 Å². The Balaban J connectivity index is 1.90. The Morgan fingerprint density at radius 3 is 2.46 bits per heavy atom. The highest BCUT2D eigenvalue weighted by Gasteiger charge is 2.19. The number of aromatic amines is 2. The van der Waals surface area contributed by atoms with E-state index in [2.05, 4.69) is 98.5 Å². The molecule has 2 aromatic carbocycles. The lowest BCUT2D eigenvalue weighted by atomic mass is 9.88. The van der Waals surface area contributed by atoms with Crippen LogP contribution >= 0.6 is 0 Å². The molecule has 0 saturated carbocycles. The first-order chi connectivity index (χ1) is 13.5. The molecule has 2 N–H and O–H groups in total. The fourth-order valence-corrected chi connectivity index (χ4v) is 4.03. The van der Waals surface area contributed by atoms with Gasteiger partial charge in [-0.15, -0.1) is 0 Å². The number of fused-ring (bicyclic) bond motifs is 2. The van der Waals surface area contributed by atoms with Gasteiger partial charge in [0.25, 0.3) is 0 Å². The molecule has 0 aliphatic heterocycles. The number of rotatable bonds is 5. The third-order valence-corrected chi connectivity index (χ3v) is 5.35. The average Bonchev–Trinajstić information content (AvgIpc) is 3.31. The molecule has 2 nitrogen and oxygen atoms in total. The second kappa shape index (κ2) is 7.55. The highest BCUT2D eigenvalue weighted by atomic mass is 14.7. The van der Waals surface area contributed by atoms with Crippen molar-refractivity contribution >= 4 is 21.8 Å². The Kier molecular flexibility index (Phi) is 4.95. The maximum absolute atomic E-state index is 3.58. The molecule has 0 bridgehead atoms. The van der Waals surface area contributed by atoms with Gasteiger partial charge in [-0.3, -0.25) is 0 Å². The molecule has 0 fully saturated rings. The van der Waals surface area contributed by atoms with Crippen LogP contribution in [0.2, 0.25) is 0 Å². The molecule has 2 aromatic heterocycles. The van der Waals surface area contributed by atoms with Crippen LogP contribution in [-0.2, 0) is 6.42 Å². The van der Waals surface area contributed by atoms with Crippen LogP contribution in [0.5, 0.6) is 0 Å². The van der Waals surface area contributed by atoms with Gasteiger partial charge in [0.1, 0.15) is 0 Å². The lowest BCUT2D eigenvalue weighted by Gasteiger charge is -2.16. The molecule has 1 atom stereocenters. The Labute approximate surface area is 167 Å². The van der Waals surface area contributed by atoms with Gasteiger partial charge in [-0.05, 0) is 62.3 Å². The number of hydrogen-bond donors (Lipinski definition) is 2. The van der Waals surface area contributed by atoms with Gasteiger partial charge in [0.15, 0.2) is 0 Å². The second-order valence-electron chi connectivity index (χ2n) is 8.08. The third kappa shape index (κ3) is 3.43. The van der Waals surface area contributed by atoms with E-state index >= 15 is 0 Å². The molecule has 4 rings (SSSR count). The number of H-pyrrole nitrogens is 2. The number of allylic oxidation sites excluding steroid dienone is 4. The van der Waals surface area contributed by atoms with Crippen molar-refractivity contribution in [2.75, 3.05) is 0 Å². The van der Waals surface area contributed by atoms with Gasteiger partial charge in [-0.2, -0.15) is 0 Å². The highest BCUT2D eigenvalue weighted by molar-refractivity contribution is 5.89. The Bertz CT molecular complexity index is 1180. The van der Waals surface area contributed by atoms with Crippen LogP contribution in [0.25, 0.3) is 21.8 Å². The average molecular weight is 369 g/mol. The second-order valence-corrected chi connectivity index (χ2v) is 8.08. The van der Waals surface area contributed by atoms with E-state index < -0.39 is 0 Å². The zero-order valence-electron chi connectivity index (χ0n) is 17.1. The zero-order chi connectivity index (χ0) is 19.7. The summed E-state index contributed by atoms with van der Waals surface area (Å²) in [6, 6.07) is 15.4. The number of nitrogens with one attached hydrogen (secondary N) is 2. The topological polar surface area (TPSA) is 31.6 Å². The van der Waals surface area contributed by atoms with E-state index in [4.69, 9.17) is 0 Å². The van der Waals surface area contributed by atoms with Crippen LogP contribution in [0.15, 0.2) is 78.2 Å². The molecule has 142 valence electrons. The van der Waals surface area contributed by atoms with E-state index in [9.17, 15) is 0 Å². The van der Waals surface area contributed by atoms with E-state index in [-0.39, 0.29) is 5.92 Å². The number of benzene rings is 2. The molecule has 0 radical (unpaired) electrons. The summed E-state index contributed by atoms with van der Waals surface area (Å²) in [5.74, 6) is 0.208. The summed E-state index contributed by atoms with van der Waals surface area (Å²) in [5.41, 5.74) is 9.14. The van der Waals surface area contributed by atoms with Crippen molar-refractivity contribution in [3.63, 3.8) is 0 Å². The van der Waals surface area contributed by atoms with Crippen LogP contribution in [0.1, 0.15) is 50.3 Å². The van der Waals surface area contributed by atoms with Crippen molar-refractivity contribution in [2.24, 2.45) is 0 Å². The first kappa shape index (κ1) is 18.4. The van der Waals surface area contributed by atoms with E-state index in [0.29, 0.717) is 0 Å². The summed E-state index contributed by atoms with van der Waals surface area (Å²) >= 11 is 0. The van der Waals surface area contributed by atoms with E-state index in [0.717, 1.165) is 6.42 Å². The van der Waals surface area contributed by atoms with E-state index in [1.165, 1.54) is 49.6 Å². The predicted octanol–water partition coefficient (Wildman–Crippen LogP) is 7.26. The minimum Gasteiger partial charge on any atom is -0.361 e. The predicted molar refractivity (Wildman–Crippen MR) is 121 cm³/mol. The van der Waals surface area contributed by atoms with E-state index in [1.807, 2.05) is 6.20 Å². The Hall–Kier alpha value is -3.00. The normalized spacial score (nSPS) is 12.3. The molecule has 2 heteroatoms. The zero-order valence-corrected chi connectivity index (χ0v) is 17.1. The molecule has 0 amide bonds. The summed E-state index contributed by atoms with van der Waals surface area (Å²) in [6.45, 7) is 8.66. The van der Waals surface area contributed by atoms with Crippen LogP contribution in [-0.4, -0.2) is 9.97 Å². The molecule has 4 aromatic rings. The van der Waals surface area contributed by atoms with Crippen molar-refractivity contribution in [2.45, 2.75) is 40.0 Å². The van der Waals surface area contributed by atoms with Gasteiger partial charge >= 0.3 is 0 Å². The van der Waals surface area contributed by atoms with Crippen LogP contribution in [0.4, 0.5) is 0 Å². The maximum atomic E-state index is 3.58. The molecule has 0 spiro atoms. The van der Waals surface area contributed by atoms with Gasteiger partial charge < -0.3 is 9.97 Å². The molecular weight excluding hydrogens is 340 g/mol. The molecular formula is C26H28N2. The summed E-state index contributed by atoms with van der Waals surface area (Å²) in [5, 5.41) is 2.57. The van der Waals surface area contributed by atoms with Gasteiger partial charge in [-0.25, -0.2) is 0 Å². The molecule has 2 heterocycles. The summed E-state index contributed by atoms with van der Waals surface area (Å²) in [4.78, 5) is 7.03. The van der Waals surface area contributed by atoms with Crippen molar-refractivity contribution in [3.8, 4) is 0 Å². The smallest absolute Gasteiger partial charge is 0.0495 e. The summed E-state index contributed by atoms with van der Waals surface area (Å²) < 4.78 is 0. The quantitative estimate of drug-likeness (QED) is 0.348. The number of aromatic nitrogens is 2. The van der Waals surface area contributed by atoms with E-state index in [1.54, 1.807) is 0 Å². The summed E-state index contributed by atoms with van der Waals surface area (Å²) in [7, 11) is 0. The largest absolute Gasteiger partial charge is 0.361 e. The van der Waals surface area contributed by atoms with Crippen LogP contribution in [0, 0.1) is 0 Å². The van der Waals surface area contributed by atoms with Crippen molar-refractivity contribution < 1.29 is 0 Å². The maximum Gasteiger partial charge on any atom is 0.0495 e. The molecule has 1 unspecified atom stereocenters.